The highest BCUT2D eigenvalue weighted by molar-refractivity contribution is 5.91. The second kappa shape index (κ2) is 5.44. The van der Waals surface area contributed by atoms with Crippen molar-refractivity contribution in [1.29, 1.82) is 0 Å². The number of carbonyl (C=O) groups is 1. The predicted octanol–water partition coefficient (Wildman–Crippen LogP) is 0.438. The molecule has 0 radical (unpaired) electrons. The Balaban J connectivity index is 1.94. The minimum atomic E-state index is -1.15. The van der Waals surface area contributed by atoms with Gasteiger partial charge in [-0.05, 0) is 25.8 Å². The van der Waals surface area contributed by atoms with Crippen LogP contribution >= 0.6 is 0 Å². The van der Waals surface area contributed by atoms with E-state index in [1.807, 2.05) is 0 Å². The van der Waals surface area contributed by atoms with Crippen LogP contribution in [0, 0.1) is 0 Å². The fourth-order valence-corrected chi connectivity index (χ4v) is 1.86. The standard InChI is InChI=1S/C13H19N3O3/c1-13(18,10-7-15-16(2)8-10)9-14-12(17)11-5-3-4-6-19-11/h5,7-8,18H,3-4,6,9H2,1-2H3,(H,14,17). The van der Waals surface area contributed by atoms with Gasteiger partial charge in [0.1, 0.15) is 5.60 Å². The number of carbonyl (C=O) groups excluding carboxylic acids is 1. The quantitative estimate of drug-likeness (QED) is 0.828. The Morgan fingerprint density at radius 2 is 2.47 bits per heavy atom. The van der Waals surface area contributed by atoms with Crippen LogP contribution in [0.25, 0.3) is 0 Å². The molecule has 1 aliphatic heterocycles. The molecule has 1 aromatic rings. The van der Waals surface area contributed by atoms with Crippen LogP contribution in [0.2, 0.25) is 0 Å². The SMILES string of the molecule is Cn1cc(C(C)(O)CNC(=O)C2=CCCCO2)cn1. The molecule has 1 unspecified atom stereocenters. The molecule has 1 atom stereocenters. The number of nitrogens with one attached hydrogen (secondary N) is 1. The van der Waals surface area contributed by atoms with Crippen LogP contribution in [0.15, 0.2) is 24.2 Å². The molecule has 19 heavy (non-hydrogen) atoms. The van der Waals surface area contributed by atoms with Gasteiger partial charge in [-0.1, -0.05) is 0 Å². The van der Waals surface area contributed by atoms with Gasteiger partial charge in [0.25, 0.3) is 5.91 Å². The van der Waals surface area contributed by atoms with Gasteiger partial charge >= 0.3 is 0 Å². The van der Waals surface area contributed by atoms with Crippen LogP contribution < -0.4 is 5.32 Å². The van der Waals surface area contributed by atoms with Crippen molar-refractivity contribution in [3.8, 4) is 0 Å². The summed E-state index contributed by atoms with van der Waals surface area (Å²) in [6.07, 6.45) is 6.87. The molecule has 0 aromatic carbocycles. The van der Waals surface area contributed by atoms with Crippen molar-refractivity contribution in [3.05, 3.63) is 29.8 Å². The smallest absolute Gasteiger partial charge is 0.286 e. The monoisotopic (exact) mass is 265 g/mol. The zero-order valence-electron chi connectivity index (χ0n) is 11.2. The summed E-state index contributed by atoms with van der Waals surface area (Å²) in [6, 6.07) is 0. The second-order valence-electron chi connectivity index (χ2n) is 4.92. The van der Waals surface area contributed by atoms with Crippen molar-refractivity contribution < 1.29 is 14.6 Å². The number of hydrogen-bond acceptors (Lipinski definition) is 4. The minimum absolute atomic E-state index is 0.109. The zero-order valence-corrected chi connectivity index (χ0v) is 11.2. The molecule has 0 fully saturated rings. The van der Waals surface area contributed by atoms with E-state index in [2.05, 4.69) is 10.4 Å². The summed E-state index contributed by atoms with van der Waals surface area (Å²) in [5.41, 5.74) is -0.493. The molecule has 0 bridgehead atoms. The molecule has 1 amide bonds. The van der Waals surface area contributed by atoms with Gasteiger partial charge in [0.2, 0.25) is 0 Å². The first-order chi connectivity index (χ1) is 8.99. The summed E-state index contributed by atoms with van der Waals surface area (Å²) >= 11 is 0. The van der Waals surface area contributed by atoms with Crippen LogP contribution in [0.1, 0.15) is 25.3 Å². The first-order valence-corrected chi connectivity index (χ1v) is 6.32. The Labute approximate surface area is 112 Å². The molecule has 2 heterocycles. The Bertz CT molecular complexity index is 491. The topological polar surface area (TPSA) is 76.4 Å². The number of aryl methyl sites for hydroxylation is 1. The Kier molecular flexibility index (Phi) is 3.90. The van der Waals surface area contributed by atoms with E-state index in [0.717, 1.165) is 12.8 Å². The minimum Gasteiger partial charge on any atom is -0.488 e. The first kappa shape index (κ1) is 13.6. The zero-order chi connectivity index (χ0) is 13.9. The van der Waals surface area contributed by atoms with Gasteiger partial charge in [-0.3, -0.25) is 9.48 Å². The van der Waals surface area contributed by atoms with Crippen LogP contribution in [-0.2, 0) is 22.2 Å². The van der Waals surface area contributed by atoms with Gasteiger partial charge in [-0.15, -0.1) is 0 Å². The summed E-state index contributed by atoms with van der Waals surface area (Å²) < 4.78 is 6.88. The summed E-state index contributed by atoms with van der Waals surface area (Å²) in [7, 11) is 1.78. The summed E-state index contributed by atoms with van der Waals surface area (Å²) in [4.78, 5) is 11.8. The summed E-state index contributed by atoms with van der Waals surface area (Å²) in [6.45, 7) is 2.32. The fourth-order valence-electron chi connectivity index (χ4n) is 1.86. The molecule has 2 rings (SSSR count). The third kappa shape index (κ3) is 3.35. The van der Waals surface area contributed by atoms with Gasteiger partial charge in [0.15, 0.2) is 5.76 Å². The van der Waals surface area contributed by atoms with Crippen molar-refractivity contribution in [2.75, 3.05) is 13.2 Å². The highest BCUT2D eigenvalue weighted by atomic mass is 16.5. The Hall–Kier alpha value is -1.82. The number of ether oxygens (including phenoxy) is 1. The van der Waals surface area contributed by atoms with Crippen molar-refractivity contribution in [2.24, 2.45) is 7.05 Å². The largest absolute Gasteiger partial charge is 0.488 e. The predicted molar refractivity (Wildman–Crippen MR) is 69.1 cm³/mol. The van der Waals surface area contributed by atoms with Crippen molar-refractivity contribution in [3.63, 3.8) is 0 Å². The lowest BCUT2D eigenvalue weighted by atomic mass is 10.00. The highest BCUT2D eigenvalue weighted by Gasteiger charge is 2.26. The summed E-state index contributed by atoms with van der Waals surface area (Å²) in [5.74, 6) is 0.0529. The number of aliphatic hydroxyl groups is 1. The Morgan fingerprint density at radius 1 is 1.68 bits per heavy atom. The molecule has 0 saturated carbocycles. The number of amides is 1. The first-order valence-electron chi connectivity index (χ1n) is 6.32. The Morgan fingerprint density at radius 3 is 3.05 bits per heavy atom. The van der Waals surface area contributed by atoms with Gasteiger partial charge in [-0.25, -0.2) is 0 Å². The van der Waals surface area contributed by atoms with Crippen molar-refractivity contribution >= 4 is 5.91 Å². The molecule has 6 heteroatoms. The fraction of sp³-hybridized carbons (Fsp3) is 0.538. The maximum absolute atomic E-state index is 11.8. The van der Waals surface area contributed by atoms with Crippen LogP contribution in [-0.4, -0.2) is 33.9 Å². The number of nitrogens with zero attached hydrogens (tertiary/aromatic N) is 2. The highest BCUT2D eigenvalue weighted by Crippen LogP contribution is 2.19. The molecule has 2 N–H and O–H groups in total. The van der Waals surface area contributed by atoms with Crippen molar-refractivity contribution in [2.45, 2.75) is 25.4 Å². The third-order valence-electron chi connectivity index (χ3n) is 3.08. The van der Waals surface area contributed by atoms with Crippen LogP contribution in [0.3, 0.4) is 0 Å². The lowest BCUT2D eigenvalue weighted by Gasteiger charge is -2.23. The molecule has 1 aliphatic rings. The van der Waals surface area contributed by atoms with E-state index in [0.29, 0.717) is 17.9 Å². The third-order valence-corrected chi connectivity index (χ3v) is 3.08. The molecule has 0 saturated heterocycles. The van der Waals surface area contributed by atoms with Gasteiger partial charge in [0, 0.05) is 18.8 Å². The van der Waals surface area contributed by atoms with Crippen LogP contribution in [0.4, 0.5) is 0 Å². The van der Waals surface area contributed by atoms with E-state index in [4.69, 9.17) is 4.74 Å². The maximum atomic E-state index is 11.8. The molecular weight excluding hydrogens is 246 g/mol. The molecule has 0 aliphatic carbocycles. The molecular formula is C13H19N3O3. The number of allylic oxidation sites excluding steroid dienone is 1. The number of aromatic nitrogens is 2. The van der Waals surface area contributed by atoms with Gasteiger partial charge < -0.3 is 15.2 Å². The normalized spacial score (nSPS) is 18.2. The molecule has 104 valence electrons. The maximum Gasteiger partial charge on any atom is 0.286 e. The van der Waals surface area contributed by atoms with Crippen molar-refractivity contribution in [1.82, 2.24) is 15.1 Å². The number of rotatable bonds is 4. The summed E-state index contributed by atoms with van der Waals surface area (Å²) in [5, 5.41) is 17.0. The lowest BCUT2D eigenvalue weighted by Crippen LogP contribution is -2.39. The second-order valence-corrected chi connectivity index (χ2v) is 4.92. The van der Waals surface area contributed by atoms with E-state index in [1.54, 1.807) is 37.1 Å². The average Bonchev–Trinajstić information content (AvgIpc) is 2.85. The number of hydrogen-bond donors (Lipinski definition) is 2. The van der Waals surface area contributed by atoms with Gasteiger partial charge in [-0.2, -0.15) is 5.10 Å². The van der Waals surface area contributed by atoms with E-state index < -0.39 is 5.60 Å². The average molecular weight is 265 g/mol. The lowest BCUT2D eigenvalue weighted by molar-refractivity contribution is -0.122. The van der Waals surface area contributed by atoms with E-state index in [-0.39, 0.29) is 12.5 Å². The molecule has 1 aromatic heterocycles. The molecule has 0 spiro atoms. The van der Waals surface area contributed by atoms with E-state index in [1.165, 1.54) is 0 Å². The van der Waals surface area contributed by atoms with E-state index in [9.17, 15) is 9.90 Å². The molecule has 6 nitrogen and oxygen atoms in total. The van der Waals surface area contributed by atoms with Gasteiger partial charge in [0.05, 0.1) is 19.3 Å². The van der Waals surface area contributed by atoms with E-state index >= 15 is 0 Å². The van der Waals surface area contributed by atoms with Crippen LogP contribution in [0.5, 0.6) is 0 Å².